The Balaban J connectivity index is 1.61. The van der Waals surface area contributed by atoms with Gasteiger partial charge in [-0.25, -0.2) is 8.42 Å². The molecule has 0 spiro atoms. The summed E-state index contributed by atoms with van der Waals surface area (Å²) in [6.07, 6.45) is 1.64. The Bertz CT molecular complexity index is 1260. The normalized spacial score (nSPS) is 13.6. The van der Waals surface area contributed by atoms with Crippen molar-refractivity contribution < 1.29 is 17.9 Å². The van der Waals surface area contributed by atoms with E-state index in [1.807, 2.05) is 6.07 Å². The van der Waals surface area contributed by atoms with Crippen LogP contribution in [0.25, 0.3) is 11.1 Å². The molecule has 0 radical (unpaired) electrons. The Morgan fingerprint density at radius 3 is 2.55 bits per heavy atom. The highest BCUT2D eigenvalue weighted by molar-refractivity contribution is 9.10. The standard InChI is InChI=1S/C23H19BrN2O4S/c1-2-13-30-18-10-8-17(9-11-18)25-23(27)15-26-21-12-7-16(24)14-20(21)19-5-3-4-6-22(19)31(26,28)29/h2-12,14H,1,13,15H2,(H,25,27). The number of nitrogens with one attached hydrogen (secondary N) is 1. The van der Waals surface area contributed by atoms with E-state index < -0.39 is 15.9 Å². The summed E-state index contributed by atoms with van der Waals surface area (Å²) in [5.74, 6) is 0.198. The van der Waals surface area contributed by atoms with Gasteiger partial charge < -0.3 is 10.1 Å². The van der Waals surface area contributed by atoms with Gasteiger partial charge in [0, 0.05) is 21.3 Å². The van der Waals surface area contributed by atoms with Crippen LogP contribution in [0.3, 0.4) is 0 Å². The summed E-state index contributed by atoms with van der Waals surface area (Å²) in [6, 6.07) is 18.9. The topological polar surface area (TPSA) is 75.7 Å². The number of carbonyl (C=O) groups excluding carboxylic acids is 1. The summed E-state index contributed by atoms with van der Waals surface area (Å²) in [5.41, 5.74) is 2.37. The van der Waals surface area contributed by atoms with Gasteiger partial charge in [-0.3, -0.25) is 9.10 Å². The zero-order valence-corrected chi connectivity index (χ0v) is 18.8. The second-order valence-electron chi connectivity index (χ2n) is 6.84. The fourth-order valence-corrected chi connectivity index (χ4v) is 5.40. The van der Waals surface area contributed by atoms with Crippen molar-refractivity contribution in [2.45, 2.75) is 4.90 Å². The Morgan fingerprint density at radius 2 is 1.81 bits per heavy atom. The zero-order valence-electron chi connectivity index (χ0n) is 16.4. The van der Waals surface area contributed by atoms with Crippen LogP contribution < -0.4 is 14.4 Å². The largest absolute Gasteiger partial charge is 0.490 e. The lowest BCUT2D eigenvalue weighted by molar-refractivity contribution is -0.114. The van der Waals surface area contributed by atoms with Crippen molar-refractivity contribution in [3.63, 3.8) is 0 Å². The van der Waals surface area contributed by atoms with E-state index in [2.05, 4.69) is 27.8 Å². The molecule has 1 amide bonds. The first kappa shape index (κ1) is 21.1. The Morgan fingerprint density at radius 1 is 1.06 bits per heavy atom. The van der Waals surface area contributed by atoms with Gasteiger partial charge in [-0.05, 0) is 48.5 Å². The quantitative estimate of drug-likeness (QED) is 0.493. The van der Waals surface area contributed by atoms with Gasteiger partial charge in [0.1, 0.15) is 18.9 Å². The lowest BCUT2D eigenvalue weighted by Gasteiger charge is -2.31. The number of nitrogens with zero attached hydrogens (tertiary/aromatic N) is 1. The minimum absolute atomic E-state index is 0.178. The van der Waals surface area contributed by atoms with Crippen molar-refractivity contribution in [1.29, 1.82) is 0 Å². The summed E-state index contributed by atoms with van der Waals surface area (Å²) in [5, 5.41) is 2.75. The Kier molecular flexibility index (Phi) is 5.84. The predicted molar refractivity (Wildman–Crippen MR) is 125 cm³/mol. The molecule has 6 nitrogen and oxygen atoms in total. The highest BCUT2D eigenvalue weighted by Gasteiger charge is 2.35. The molecule has 0 atom stereocenters. The van der Waals surface area contributed by atoms with E-state index in [9.17, 15) is 13.2 Å². The molecule has 1 N–H and O–H groups in total. The average Bonchev–Trinajstić information content (AvgIpc) is 2.76. The van der Waals surface area contributed by atoms with E-state index in [0.29, 0.717) is 29.3 Å². The highest BCUT2D eigenvalue weighted by Crippen LogP contribution is 2.43. The van der Waals surface area contributed by atoms with Crippen LogP contribution in [0.15, 0.2) is 88.8 Å². The van der Waals surface area contributed by atoms with Crippen molar-refractivity contribution in [1.82, 2.24) is 0 Å². The van der Waals surface area contributed by atoms with Crippen LogP contribution in [-0.4, -0.2) is 27.5 Å². The molecular weight excluding hydrogens is 480 g/mol. The van der Waals surface area contributed by atoms with Crippen molar-refractivity contribution in [3.8, 4) is 16.9 Å². The molecule has 3 aromatic carbocycles. The number of hydrogen-bond acceptors (Lipinski definition) is 4. The fraction of sp³-hybridized carbons (Fsp3) is 0.0870. The second-order valence-corrected chi connectivity index (χ2v) is 9.59. The molecule has 1 heterocycles. The van der Waals surface area contributed by atoms with Crippen LogP contribution in [0.2, 0.25) is 0 Å². The summed E-state index contributed by atoms with van der Waals surface area (Å²) >= 11 is 3.44. The number of benzene rings is 3. The van der Waals surface area contributed by atoms with Crippen LogP contribution in [0.1, 0.15) is 0 Å². The van der Waals surface area contributed by atoms with E-state index in [0.717, 1.165) is 14.3 Å². The number of carbonyl (C=O) groups is 1. The molecule has 3 aromatic rings. The van der Waals surface area contributed by atoms with Gasteiger partial charge in [0.2, 0.25) is 5.91 Å². The first-order valence-electron chi connectivity index (χ1n) is 9.45. The minimum Gasteiger partial charge on any atom is -0.490 e. The van der Waals surface area contributed by atoms with Crippen molar-refractivity contribution in [3.05, 3.63) is 83.9 Å². The Labute approximate surface area is 189 Å². The predicted octanol–water partition coefficient (Wildman–Crippen LogP) is 4.83. The molecule has 1 aliphatic rings. The van der Waals surface area contributed by atoms with E-state index >= 15 is 0 Å². The molecule has 8 heteroatoms. The summed E-state index contributed by atoms with van der Waals surface area (Å²) in [4.78, 5) is 12.9. The molecule has 0 saturated heterocycles. The van der Waals surface area contributed by atoms with E-state index in [4.69, 9.17) is 4.74 Å². The molecule has 158 valence electrons. The molecule has 4 rings (SSSR count). The first-order valence-corrected chi connectivity index (χ1v) is 11.7. The molecule has 0 aliphatic carbocycles. The van der Waals surface area contributed by atoms with Gasteiger partial charge in [0.15, 0.2) is 0 Å². The number of anilines is 2. The number of fused-ring (bicyclic) bond motifs is 3. The number of ether oxygens (including phenoxy) is 1. The van der Waals surface area contributed by atoms with Gasteiger partial charge >= 0.3 is 0 Å². The lowest BCUT2D eigenvalue weighted by atomic mass is 10.0. The number of rotatable bonds is 6. The molecule has 0 aromatic heterocycles. The van der Waals surface area contributed by atoms with Crippen LogP contribution in [0.4, 0.5) is 11.4 Å². The van der Waals surface area contributed by atoms with Crippen LogP contribution >= 0.6 is 15.9 Å². The molecule has 0 fully saturated rings. The van der Waals surface area contributed by atoms with Gasteiger partial charge in [-0.15, -0.1) is 0 Å². The minimum atomic E-state index is -3.89. The summed E-state index contributed by atoms with van der Waals surface area (Å²) < 4.78 is 34.0. The highest BCUT2D eigenvalue weighted by atomic mass is 79.9. The molecule has 1 aliphatic heterocycles. The third kappa shape index (κ3) is 4.22. The van der Waals surface area contributed by atoms with Crippen LogP contribution in [0.5, 0.6) is 5.75 Å². The van der Waals surface area contributed by atoms with Crippen molar-refractivity contribution in [2.24, 2.45) is 0 Å². The van der Waals surface area contributed by atoms with E-state index in [1.165, 1.54) is 0 Å². The molecule has 0 bridgehead atoms. The average molecular weight is 499 g/mol. The third-order valence-electron chi connectivity index (χ3n) is 4.77. The summed E-state index contributed by atoms with van der Waals surface area (Å²) in [7, 11) is -3.89. The number of halogens is 1. The van der Waals surface area contributed by atoms with Crippen LogP contribution in [0, 0.1) is 0 Å². The number of amides is 1. The maximum absolute atomic E-state index is 13.3. The van der Waals surface area contributed by atoms with Gasteiger partial charge in [-0.1, -0.05) is 46.8 Å². The maximum Gasteiger partial charge on any atom is 0.265 e. The van der Waals surface area contributed by atoms with E-state index in [1.54, 1.807) is 66.7 Å². The molecule has 0 unspecified atom stereocenters. The van der Waals surface area contributed by atoms with Crippen LogP contribution in [-0.2, 0) is 14.8 Å². The monoisotopic (exact) mass is 498 g/mol. The zero-order chi connectivity index (χ0) is 22.0. The summed E-state index contributed by atoms with van der Waals surface area (Å²) in [6.45, 7) is 3.63. The van der Waals surface area contributed by atoms with Gasteiger partial charge in [0.05, 0.1) is 10.6 Å². The van der Waals surface area contributed by atoms with Gasteiger partial charge in [-0.2, -0.15) is 0 Å². The molecule has 0 saturated carbocycles. The van der Waals surface area contributed by atoms with Crippen molar-refractivity contribution in [2.75, 3.05) is 22.8 Å². The fourth-order valence-electron chi connectivity index (χ4n) is 3.39. The maximum atomic E-state index is 13.3. The number of hydrogen-bond donors (Lipinski definition) is 1. The number of sulfonamides is 1. The molecular formula is C23H19BrN2O4S. The smallest absolute Gasteiger partial charge is 0.265 e. The SMILES string of the molecule is C=CCOc1ccc(NC(=O)CN2c3ccc(Br)cc3-c3ccccc3S2(=O)=O)cc1. The molecule has 31 heavy (non-hydrogen) atoms. The third-order valence-corrected chi connectivity index (χ3v) is 7.08. The first-order chi connectivity index (χ1) is 14.9. The Hall–Kier alpha value is -3.10. The second kappa shape index (κ2) is 8.56. The lowest BCUT2D eigenvalue weighted by Crippen LogP contribution is -2.40. The van der Waals surface area contributed by atoms with Crippen molar-refractivity contribution >= 4 is 43.2 Å². The van der Waals surface area contributed by atoms with Gasteiger partial charge in [0.25, 0.3) is 10.0 Å². The van der Waals surface area contributed by atoms with E-state index in [-0.39, 0.29) is 11.4 Å².